The summed E-state index contributed by atoms with van der Waals surface area (Å²) >= 11 is 3.48. The minimum atomic E-state index is -0.404. The molecule has 0 heterocycles. The molecule has 0 amide bonds. The first kappa shape index (κ1) is 13.7. The van der Waals surface area contributed by atoms with E-state index in [0.717, 1.165) is 10.0 Å². The maximum absolute atomic E-state index is 13.4. The van der Waals surface area contributed by atoms with Gasteiger partial charge in [0.15, 0.2) is 0 Å². The minimum absolute atomic E-state index is 0.342. The first-order chi connectivity index (χ1) is 9.10. The second-order valence-corrected chi connectivity index (χ2v) is 5.16. The van der Waals surface area contributed by atoms with Crippen molar-refractivity contribution in [2.75, 3.05) is 11.9 Å². The van der Waals surface area contributed by atoms with E-state index in [4.69, 9.17) is 0 Å². The molecule has 0 saturated carbocycles. The second kappa shape index (κ2) is 5.97. The highest BCUT2D eigenvalue weighted by Crippen LogP contribution is 2.22. The molecule has 0 saturated heterocycles. The van der Waals surface area contributed by atoms with Gasteiger partial charge in [-0.2, -0.15) is 0 Å². The fraction of sp³-hybridized carbons (Fsp3) is 0.133. The van der Waals surface area contributed by atoms with Crippen LogP contribution in [0.25, 0.3) is 0 Å². The minimum Gasteiger partial charge on any atom is -0.370 e. The van der Waals surface area contributed by atoms with Gasteiger partial charge in [-0.3, -0.25) is 4.79 Å². The lowest BCUT2D eigenvalue weighted by molar-refractivity contribution is 0.112. The number of anilines is 1. The van der Waals surface area contributed by atoms with E-state index in [-0.39, 0.29) is 0 Å². The first-order valence-corrected chi connectivity index (χ1v) is 6.60. The van der Waals surface area contributed by atoms with E-state index in [0.29, 0.717) is 24.1 Å². The number of aldehydes is 1. The molecular weight excluding hydrogens is 309 g/mol. The molecule has 2 aromatic rings. The zero-order valence-electron chi connectivity index (χ0n) is 10.4. The van der Waals surface area contributed by atoms with E-state index in [9.17, 15) is 9.18 Å². The van der Waals surface area contributed by atoms with Crippen molar-refractivity contribution in [3.63, 3.8) is 0 Å². The molecule has 0 radical (unpaired) electrons. The van der Waals surface area contributed by atoms with E-state index in [2.05, 4.69) is 15.9 Å². The van der Waals surface area contributed by atoms with E-state index >= 15 is 0 Å². The molecule has 2 nitrogen and oxygen atoms in total. The number of hydrogen-bond acceptors (Lipinski definition) is 2. The van der Waals surface area contributed by atoms with Crippen molar-refractivity contribution < 1.29 is 9.18 Å². The quantitative estimate of drug-likeness (QED) is 0.792. The summed E-state index contributed by atoms with van der Waals surface area (Å²) < 4.78 is 14.4. The average Bonchev–Trinajstić information content (AvgIpc) is 2.40. The predicted octanol–water partition coefficient (Wildman–Crippen LogP) is 4.04. The van der Waals surface area contributed by atoms with E-state index < -0.39 is 5.82 Å². The van der Waals surface area contributed by atoms with Crippen LogP contribution in [0.1, 0.15) is 15.9 Å². The Labute approximate surface area is 120 Å². The van der Waals surface area contributed by atoms with Crippen LogP contribution in [0.2, 0.25) is 0 Å². The van der Waals surface area contributed by atoms with Crippen LogP contribution in [0.5, 0.6) is 0 Å². The third-order valence-corrected chi connectivity index (χ3v) is 3.62. The van der Waals surface area contributed by atoms with Crippen LogP contribution in [0.15, 0.2) is 46.9 Å². The highest BCUT2D eigenvalue weighted by Gasteiger charge is 2.07. The predicted molar refractivity (Wildman–Crippen MR) is 78.0 cm³/mol. The van der Waals surface area contributed by atoms with E-state index in [1.54, 1.807) is 6.07 Å². The SMILES string of the molecule is CN(Cc1ccccc1Br)c1cc(F)cc(C=O)c1. The summed E-state index contributed by atoms with van der Waals surface area (Å²) in [4.78, 5) is 12.7. The Morgan fingerprint density at radius 1 is 1.26 bits per heavy atom. The van der Waals surface area contributed by atoms with Crippen LogP contribution in [-0.2, 0) is 6.54 Å². The number of carbonyl (C=O) groups is 1. The van der Waals surface area contributed by atoms with E-state index in [1.165, 1.54) is 12.1 Å². The maximum Gasteiger partial charge on any atom is 0.150 e. The van der Waals surface area contributed by atoms with Gasteiger partial charge >= 0.3 is 0 Å². The molecule has 0 aliphatic rings. The zero-order valence-corrected chi connectivity index (χ0v) is 12.0. The van der Waals surface area contributed by atoms with Crippen LogP contribution in [0.3, 0.4) is 0 Å². The Morgan fingerprint density at radius 3 is 2.68 bits per heavy atom. The van der Waals surface area contributed by atoms with Gasteiger partial charge in [0.2, 0.25) is 0 Å². The van der Waals surface area contributed by atoms with Gasteiger partial charge in [0.1, 0.15) is 12.1 Å². The first-order valence-electron chi connectivity index (χ1n) is 5.80. The van der Waals surface area contributed by atoms with Gasteiger partial charge in [-0.05, 0) is 29.8 Å². The fourth-order valence-electron chi connectivity index (χ4n) is 1.86. The normalized spacial score (nSPS) is 10.3. The molecule has 0 aromatic heterocycles. The average molecular weight is 322 g/mol. The second-order valence-electron chi connectivity index (χ2n) is 4.31. The van der Waals surface area contributed by atoms with Crippen molar-refractivity contribution in [1.29, 1.82) is 0 Å². The molecule has 0 N–H and O–H groups in total. The monoisotopic (exact) mass is 321 g/mol. The summed E-state index contributed by atoms with van der Waals surface area (Å²) in [5, 5.41) is 0. The van der Waals surface area contributed by atoms with Crippen molar-refractivity contribution >= 4 is 27.9 Å². The van der Waals surface area contributed by atoms with Crippen molar-refractivity contribution in [3.8, 4) is 0 Å². The van der Waals surface area contributed by atoms with Crippen molar-refractivity contribution in [3.05, 3.63) is 63.9 Å². The fourth-order valence-corrected chi connectivity index (χ4v) is 2.27. The summed E-state index contributed by atoms with van der Waals surface area (Å²) in [6.45, 7) is 0.628. The molecule has 0 atom stereocenters. The number of nitrogens with zero attached hydrogens (tertiary/aromatic N) is 1. The molecule has 4 heteroatoms. The number of carbonyl (C=O) groups excluding carboxylic acids is 1. The summed E-state index contributed by atoms with van der Waals surface area (Å²) in [6, 6.07) is 12.2. The van der Waals surface area contributed by atoms with Crippen LogP contribution in [0, 0.1) is 5.82 Å². The lowest BCUT2D eigenvalue weighted by Gasteiger charge is -2.20. The van der Waals surface area contributed by atoms with Crippen molar-refractivity contribution in [2.24, 2.45) is 0 Å². The largest absolute Gasteiger partial charge is 0.370 e. The molecule has 2 aromatic carbocycles. The summed E-state index contributed by atoms with van der Waals surface area (Å²) in [5.41, 5.74) is 2.12. The van der Waals surface area contributed by atoms with Gasteiger partial charge in [0.25, 0.3) is 0 Å². The third kappa shape index (κ3) is 3.41. The van der Waals surface area contributed by atoms with Gasteiger partial charge in [-0.15, -0.1) is 0 Å². The molecule has 0 spiro atoms. The standard InChI is InChI=1S/C15H13BrFNO/c1-18(9-12-4-2-3-5-15(12)16)14-7-11(10-19)6-13(17)8-14/h2-8,10H,9H2,1H3. The number of rotatable bonds is 4. The lowest BCUT2D eigenvalue weighted by atomic mass is 10.1. The molecule has 19 heavy (non-hydrogen) atoms. The number of halogens is 2. The zero-order chi connectivity index (χ0) is 13.8. The molecule has 0 aliphatic heterocycles. The van der Waals surface area contributed by atoms with Gasteiger partial charge in [-0.1, -0.05) is 34.1 Å². The number of benzene rings is 2. The Morgan fingerprint density at radius 2 is 2.00 bits per heavy atom. The smallest absolute Gasteiger partial charge is 0.150 e. The summed E-state index contributed by atoms with van der Waals surface area (Å²) in [5.74, 6) is -0.404. The van der Waals surface area contributed by atoms with Gasteiger partial charge in [0, 0.05) is 29.3 Å². The van der Waals surface area contributed by atoms with Crippen LogP contribution in [0.4, 0.5) is 10.1 Å². The Bertz CT molecular complexity index is 600. The molecule has 0 fully saturated rings. The van der Waals surface area contributed by atoms with Gasteiger partial charge in [0.05, 0.1) is 0 Å². The summed E-state index contributed by atoms with van der Waals surface area (Å²) in [6.07, 6.45) is 0.652. The highest BCUT2D eigenvalue weighted by molar-refractivity contribution is 9.10. The third-order valence-electron chi connectivity index (χ3n) is 2.85. The molecule has 2 rings (SSSR count). The van der Waals surface area contributed by atoms with Crippen molar-refractivity contribution in [2.45, 2.75) is 6.54 Å². The molecule has 98 valence electrons. The van der Waals surface area contributed by atoms with Crippen LogP contribution in [-0.4, -0.2) is 13.3 Å². The van der Waals surface area contributed by atoms with Crippen molar-refractivity contribution in [1.82, 2.24) is 0 Å². The molecule has 0 bridgehead atoms. The summed E-state index contributed by atoms with van der Waals surface area (Å²) in [7, 11) is 1.86. The molecule has 0 aliphatic carbocycles. The van der Waals surface area contributed by atoms with Crippen LogP contribution < -0.4 is 4.90 Å². The van der Waals surface area contributed by atoms with E-state index in [1.807, 2.05) is 36.2 Å². The maximum atomic E-state index is 13.4. The molecular formula is C15H13BrFNO. The Hall–Kier alpha value is -1.68. The van der Waals surface area contributed by atoms with Crippen LogP contribution >= 0.6 is 15.9 Å². The Kier molecular flexibility index (Phi) is 4.32. The van der Waals surface area contributed by atoms with Gasteiger partial charge < -0.3 is 4.90 Å². The molecule has 0 unspecified atom stereocenters. The highest BCUT2D eigenvalue weighted by atomic mass is 79.9. The topological polar surface area (TPSA) is 20.3 Å². The van der Waals surface area contributed by atoms with Gasteiger partial charge in [-0.25, -0.2) is 4.39 Å². The Balaban J connectivity index is 2.25. The lowest BCUT2D eigenvalue weighted by Crippen LogP contribution is -2.17. The number of hydrogen-bond donors (Lipinski definition) is 0.